The lowest BCUT2D eigenvalue weighted by Crippen LogP contribution is -2.28. The van der Waals surface area contributed by atoms with Gasteiger partial charge in [0.1, 0.15) is 17.3 Å². The normalized spacial score (nSPS) is 16.2. The highest BCUT2D eigenvalue weighted by Crippen LogP contribution is 2.40. The van der Waals surface area contributed by atoms with E-state index in [1.807, 2.05) is 0 Å². The first-order chi connectivity index (χ1) is 13.3. The zero-order chi connectivity index (χ0) is 20.4. The minimum atomic E-state index is -0.583. The maximum absolute atomic E-state index is 13.5. The number of carbonyl (C=O) groups is 2. The zero-order valence-corrected chi connectivity index (χ0v) is 16.5. The number of aryl methyl sites for hydroxylation is 1. The molecule has 1 atom stereocenters. The number of anilines is 2. The van der Waals surface area contributed by atoms with Gasteiger partial charge in [0.15, 0.2) is 0 Å². The van der Waals surface area contributed by atoms with E-state index in [0.29, 0.717) is 27.9 Å². The molecule has 8 heteroatoms. The smallest absolute Gasteiger partial charge is 0.229 e. The van der Waals surface area contributed by atoms with Crippen molar-refractivity contribution < 1.29 is 23.5 Å². The molecule has 1 N–H and O–H groups in total. The van der Waals surface area contributed by atoms with Crippen LogP contribution in [0, 0.1) is 18.7 Å². The van der Waals surface area contributed by atoms with E-state index in [9.17, 15) is 14.0 Å². The van der Waals surface area contributed by atoms with Gasteiger partial charge in [0.05, 0.1) is 30.8 Å². The fraction of sp³-hybridized carbons (Fsp3) is 0.300. The number of methoxy groups -OCH3 is 2. The van der Waals surface area contributed by atoms with E-state index in [2.05, 4.69) is 5.32 Å². The van der Waals surface area contributed by atoms with Crippen molar-refractivity contribution >= 4 is 34.8 Å². The fourth-order valence-corrected chi connectivity index (χ4v) is 3.37. The largest absolute Gasteiger partial charge is 0.495 e. The van der Waals surface area contributed by atoms with Crippen LogP contribution in [0.15, 0.2) is 30.3 Å². The third-order valence-corrected chi connectivity index (χ3v) is 4.99. The Labute approximate surface area is 167 Å². The Balaban J connectivity index is 1.81. The van der Waals surface area contributed by atoms with Gasteiger partial charge in [0.2, 0.25) is 11.8 Å². The number of carbonyl (C=O) groups excluding carboxylic acids is 2. The molecule has 1 aliphatic rings. The number of nitrogens with one attached hydrogen (secondary N) is 1. The van der Waals surface area contributed by atoms with Crippen LogP contribution < -0.4 is 19.7 Å². The number of hydrogen-bond donors (Lipinski definition) is 1. The molecule has 148 valence electrons. The van der Waals surface area contributed by atoms with Gasteiger partial charge < -0.3 is 19.7 Å². The molecule has 2 aromatic carbocycles. The summed E-state index contributed by atoms with van der Waals surface area (Å²) in [7, 11) is 2.96. The van der Waals surface area contributed by atoms with Crippen LogP contribution in [0.25, 0.3) is 0 Å². The summed E-state index contributed by atoms with van der Waals surface area (Å²) < 4.78 is 24.0. The van der Waals surface area contributed by atoms with Crippen LogP contribution in [0.3, 0.4) is 0 Å². The Bertz CT molecular complexity index is 935. The molecule has 0 saturated carbocycles. The Kier molecular flexibility index (Phi) is 5.74. The van der Waals surface area contributed by atoms with Crippen LogP contribution in [0.5, 0.6) is 11.5 Å². The molecular formula is C20H20ClFN2O4. The van der Waals surface area contributed by atoms with Crippen LogP contribution >= 0.6 is 11.6 Å². The quantitative estimate of drug-likeness (QED) is 0.820. The lowest BCUT2D eigenvalue weighted by atomic mass is 10.1. The van der Waals surface area contributed by atoms with Gasteiger partial charge in [0.25, 0.3) is 0 Å². The van der Waals surface area contributed by atoms with E-state index in [4.69, 9.17) is 21.1 Å². The number of ether oxygens (including phenoxy) is 2. The van der Waals surface area contributed by atoms with Crippen molar-refractivity contribution in [3.8, 4) is 11.5 Å². The molecule has 0 bridgehead atoms. The second-order valence-electron chi connectivity index (χ2n) is 6.51. The molecule has 1 saturated heterocycles. The van der Waals surface area contributed by atoms with Gasteiger partial charge >= 0.3 is 0 Å². The van der Waals surface area contributed by atoms with Crippen molar-refractivity contribution in [1.29, 1.82) is 0 Å². The summed E-state index contributed by atoms with van der Waals surface area (Å²) in [6.07, 6.45) is 0.0347. The number of benzene rings is 2. The van der Waals surface area contributed by atoms with Crippen LogP contribution in [0.2, 0.25) is 5.02 Å². The molecule has 1 heterocycles. The summed E-state index contributed by atoms with van der Waals surface area (Å²) in [5, 5.41) is 3.04. The standard InChI is InChI=1S/C20H20ClFN2O4/c1-11-4-5-13(22)7-15(11)23-20(26)12-6-19(25)24(10-12)16-8-14(21)17(27-2)9-18(16)28-3/h4-5,7-9,12H,6,10H2,1-3H3,(H,23,26)/t12-/m1/s1. The lowest BCUT2D eigenvalue weighted by Gasteiger charge is -2.21. The summed E-state index contributed by atoms with van der Waals surface area (Å²) in [5.41, 5.74) is 1.59. The lowest BCUT2D eigenvalue weighted by molar-refractivity contribution is -0.122. The number of amides is 2. The molecule has 2 aromatic rings. The summed E-state index contributed by atoms with van der Waals surface area (Å²) in [6, 6.07) is 7.34. The van der Waals surface area contributed by atoms with Crippen molar-refractivity contribution in [3.63, 3.8) is 0 Å². The van der Waals surface area contributed by atoms with Crippen molar-refractivity contribution in [2.24, 2.45) is 5.92 Å². The second kappa shape index (κ2) is 8.06. The van der Waals surface area contributed by atoms with E-state index in [1.54, 1.807) is 25.1 Å². The number of nitrogens with zero attached hydrogens (tertiary/aromatic N) is 1. The van der Waals surface area contributed by atoms with Gasteiger partial charge in [-0.3, -0.25) is 9.59 Å². The van der Waals surface area contributed by atoms with Crippen LogP contribution in [-0.2, 0) is 9.59 Å². The molecule has 0 aromatic heterocycles. The molecule has 0 aliphatic carbocycles. The van der Waals surface area contributed by atoms with Crippen molar-refractivity contribution in [2.75, 3.05) is 31.0 Å². The van der Waals surface area contributed by atoms with Gasteiger partial charge in [-0.05, 0) is 30.7 Å². The van der Waals surface area contributed by atoms with Crippen LogP contribution in [0.1, 0.15) is 12.0 Å². The predicted molar refractivity (Wildman–Crippen MR) is 105 cm³/mol. The summed E-state index contributed by atoms with van der Waals surface area (Å²) in [6.45, 7) is 1.93. The van der Waals surface area contributed by atoms with E-state index in [-0.39, 0.29) is 24.8 Å². The molecule has 0 unspecified atom stereocenters. The molecule has 1 aliphatic heterocycles. The summed E-state index contributed by atoms with van der Waals surface area (Å²) in [4.78, 5) is 26.7. The molecule has 2 amide bonds. The maximum atomic E-state index is 13.5. The van der Waals surface area contributed by atoms with Gasteiger partial charge in [0, 0.05) is 24.7 Å². The van der Waals surface area contributed by atoms with Crippen LogP contribution in [0.4, 0.5) is 15.8 Å². The van der Waals surface area contributed by atoms with Gasteiger partial charge in [-0.15, -0.1) is 0 Å². The Morgan fingerprint density at radius 3 is 2.61 bits per heavy atom. The van der Waals surface area contributed by atoms with Crippen molar-refractivity contribution in [2.45, 2.75) is 13.3 Å². The molecular weight excluding hydrogens is 387 g/mol. The average molecular weight is 407 g/mol. The highest BCUT2D eigenvalue weighted by molar-refractivity contribution is 6.32. The zero-order valence-electron chi connectivity index (χ0n) is 15.7. The maximum Gasteiger partial charge on any atom is 0.229 e. The van der Waals surface area contributed by atoms with Crippen LogP contribution in [-0.4, -0.2) is 32.6 Å². The van der Waals surface area contributed by atoms with Gasteiger partial charge in [-0.25, -0.2) is 4.39 Å². The topological polar surface area (TPSA) is 67.9 Å². The van der Waals surface area contributed by atoms with Crippen molar-refractivity contribution in [1.82, 2.24) is 0 Å². The molecule has 3 rings (SSSR count). The predicted octanol–water partition coefficient (Wildman–Crippen LogP) is 3.80. The Morgan fingerprint density at radius 1 is 1.21 bits per heavy atom. The number of hydrogen-bond acceptors (Lipinski definition) is 4. The molecule has 28 heavy (non-hydrogen) atoms. The first-order valence-corrected chi connectivity index (χ1v) is 9.00. The number of halogens is 2. The van der Waals surface area contributed by atoms with Gasteiger partial charge in [-0.1, -0.05) is 17.7 Å². The van der Waals surface area contributed by atoms with Gasteiger partial charge in [-0.2, -0.15) is 0 Å². The second-order valence-corrected chi connectivity index (χ2v) is 6.92. The third-order valence-electron chi connectivity index (χ3n) is 4.70. The SMILES string of the molecule is COc1cc(OC)c(N2C[C@H](C(=O)Nc3cc(F)ccc3C)CC2=O)cc1Cl. The van der Waals surface area contributed by atoms with E-state index < -0.39 is 11.7 Å². The Hall–Kier alpha value is -2.80. The van der Waals surface area contributed by atoms with E-state index in [1.165, 1.54) is 31.3 Å². The fourth-order valence-electron chi connectivity index (χ4n) is 3.13. The minimum Gasteiger partial charge on any atom is -0.495 e. The van der Waals surface area contributed by atoms with E-state index in [0.717, 1.165) is 5.56 Å². The Morgan fingerprint density at radius 2 is 1.93 bits per heavy atom. The highest BCUT2D eigenvalue weighted by Gasteiger charge is 2.37. The molecule has 0 radical (unpaired) electrons. The number of rotatable bonds is 5. The molecule has 6 nitrogen and oxygen atoms in total. The summed E-state index contributed by atoms with van der Waals surface area (Å²) >= 11 is 6.19. The van der Waals surface area contributed by atoms with E-state index >= 15 is 0 Å². The van der Waals surface area contributed by atoms with Crippen molar-refractivity contribution in [3.05, 3.63) is 46.7 Å². The minimum absolute atomic E-state index is 0.0347. The monoisotopic (exact) mass is 406 g/mol. The molecule has 1 fully saturated rings. The molecule has 0 spiro atoms. The highest BCUT2D eigenvalue weighted by atomic mass is 35.5. The first-order valence-electron chi connectivity index (χ1n) is 8.63. The summed E-state index contributed by atoms with van der Waals surface area (Å²) in [5.74, 6) is -0.761. The third kappa shape index (κ3) is 3.89. The average Bonchev–Trinajstić information content (AvgIpc) is 3.06. The first kappa shape index (κ1) is 19.9.